The Kier molecular flexibility index (Phi) is 30.5. The average molecular weight is 1550 g/mol. The van der Waals surface area contributed by atoms with Crippen molar-refractivity contribution in [3.8, 4) is 33.8 Å². The lowest BCUT2D eigenvalue weighted by Crippen LogP contribution is -2.40. The number of morpholine rings is 2. The molecule has 26 heteroatoms. The summed E-state index contributed by atoms with van der Waals surface area (Å²) in [5, 5.41) is 25.7. The van der Waals surface area contributed by atoms with Crippen molar-refractivity contribution in [1.82, 2.24) is 25.2 Å². The monoisotopic (exact) mass is 1550 g/mol. The number of esters is 2. The van der Waals surface area contributed by atoms with E-state index in [-0.39, 0.29) is 46.6 Å². The van der Waals surface area contributed by atoms with E-state index in [2.05, 4.69) is 20.0 Å². The van der Waals surface area contributed by atoms with Crippen LogP contribution in [-0.4, -0.2) is 141 Å². The minimum atomic E-state index is -1.03. The number of carbonyl (C=O) groups is 10. The molecule has 0 spiro atoms. The number of hydrogen-bond acceptors (Lipinski definition) is 19. The number of para-hydroxylation sites is 3. The number of nitrogens with zero attached hydrogens (tertiary/aromatic N) is 4. The largest absolute Gasteiger partial charge is 0.478 e. The second kappa shape index (κ2) is 39.9. The number of hydrogen-bond donors (Lipinski definition) is 5. The highest BCUT2D eigenvalue weighted by Crippen LogP contribution is 2.34. The highest BCUT2D eigenvalue weighted by molar-refractivity contribution is 6.48. The molecule has 22 nitrogen and oxygen atoms in total. The molecule has 0 atom stereocenters. The number of ether oxygens (including phenoxy) is 3. The van der Waals surface area contributed by atoms with Gasteiger partial charge in [0.15, 0.2) is 5.78 Å². The number of amides is 1. The molecule has 2 aliphatic heterocycles. The molecule has 0 unspecified atom stereocenters. The number of carbonyl (C=O) groups excluding carboxylic acids is 8. The summed E-state index contributed by atoms with van der Waals surface area (Å²) in [6, 6.07) is 54.6. The minimum Gasteiger partial charge on any atom is -0.478 e. The van der Waals surface area contributed by atoms with Gasteiger partial charge in [-0.15, -0.1) is 0 Å². The number of aromatic nitrogens is 3. The Morgan fingerprint density at radius 2 is 0.844 bits per heavy atom. The number of anilines is 2. The van der Waals surface area contributed by atoms with E-state index in [0.717, 1.165) is 59.5 Å². The molecule has 1 aliphatic carbocycles. The molecule has 1 amide bonds. The maximum atomic E-state index is 13.2. The Labute approximate surface area is 647 Å². The van der Waals surface area contributed by atoms with E-state index in [1.807, 2.05) is 66.7 Å². The predicted molar refractivity (Wildman–Crippen MR) is 422 cm³/mol. The fourth-order valence-corrected chi connectivity index (χ4v) is 12.0. The average Bonchev–Trinajstić information content (AvgIpc) is 1.70. The third-order valence-electron chi connectivity index (χ3n) is 16.4. The van der Waals surface area contributed by atoms with Crippen molar-refractivity contribution in [2.75, 3.05) is 64.1 Å². The van der Waals surface area contributed by atoms with Crippen LogP contribution in [0.15, 0.2) is 188 Å². The zero-order chi connectivity index (χ0) is 79.0. The van der Waals surface area contributed by atoms with E-state index in [1.54, 1.807) is 140 Å². The normalized spacial score (nSPS) is 12.5. The maximum absolute atomic E-state index is 13.2. The van der Waals surface area contributed by atoms with Crippen LogP contribution in [0.25, 0.3) is 66.5 Å². The molecule has 7 N–H and O–H groups in total. The fourth-order valence-electron chi connectivity index (χ4n) is 11.1. The summed E-state index contributed by atoms with van der Waals surface area (Å²) in [7, 11) is 0. The van der Waals surface area contributed by atoms with Gasteiger partial charge in [-0.2, -0.15) is 0 Å². The molecule has 3 aromatic heterocycles. The smallest absolute Gasteiger partial charge is 0.336 e. The van der Waals surface area contributed by atoms with Crippen molar-refractivity contribution in [2.24, 2.45) is 0 Å². The van der Waals surface area contributed by atoms with Gasteiger partial charge in [-0.1, -0.05) is 156 Å². The summed E-state index contributed by atoms with van der Waals surface area (Å²) in [4.78, 5) is 127. The standard InChI is InChI=1S/C23H21ClN2O3.C19H14ClNO3.C16H11ClN2O2.C9H5ClO2.C8H9NO.C4H9NO.C4H6O3/c1-15(27)13-16-5-7-17(8-6-16)21-14-19(23(28)26-9-11-29-12-10-26)18-3-2-4-20(24)22(18)25-21;1-11(22)9-12-5-7-13(8-6-12)17-10-15(19(23)24)14-3-2-4-16(20)18(14)21-17;17-13-3-1-2-11-12(16(20)21)8-14(19-15(11)13)9-4-6-10(18)7-5-9;10-7-3-1-2-5-6(7)4-8(11)9(5)12;1-6(10)7-2-4-8(9)5-3-7;1-3-6-4-2-5-1;1-3(5)7-4(2)6/h2-8,14H,9-13H2,1H3;2-8,10H,9H2,1H3,(H,23,24);1-8H,18H2,(H,20,21);1-3H,4H2;2-5H,9H2,1H3;5H,1-4H2;1-2H3. The highest BCUT2D eigenvalue weighted by atomic mass is 35.5. The number of Topliss-reactive ketones (excluding diaryl/α,β-unsaturated/α-hetero) is 5. The van der Waals surface area contributed by atoms with E-state index in [0.29, 0.717) is 137 Å². The van der Waals surface area contributed by atoms with E-state index in [1.165, 1.54) is 20.8 Å². The molecule has 5 heterocycles. The van der Waals surface area contributed by atoms with Crippen molar-refractivity contribution in [1.29, 1.82) is 0 Å². The molecule has 560 valence electrons. The Bertz CT molecular complexity index is 5190. The number of fused-ring (bicyclic) bond motifs is 4. The number of nitrogens with two attached hydrogens (primary N) is 2. The Morgan fingerprint density at radius 3 is 1.19 bits per heavy atom. The molecule has 14 rings (SSSR count). The molecular formula is C83H75Cl4N7O15. The molecule has 109 heavy (non-hydrogen) atoms. The van der Waals surface area contributed by atoms with Crippen LogP contribution in [0.2, 0.25) is 20.1 Å². The summed E-state index contributed by atoms with van der Waals surface area (Å²) in [6.07, 6.45) is 0.934. The van der Waals surface area contributed by atoms with Gasteiger partial charge in [0.2, 0.25) is 11.6 Å². The number of carboxylic acid groups (broad SMARTS) is 2. The molecule has 2 fully saturated rings. The first-order valence-electron chi connectivity index (χ1n) is 33.9. The number of rotatable bonds is 11. The number of ketones is 5. The molecule has 11 aromatic rings. The van der Waals surface area contributed by atoms with Gasteiger partial charge in [0.25, 0.3) is 5.91 Å². The number of halogens is 4. The predicted octanol–water partition coefficient (Wildman–Crippen LogP) is 15.2. The van der Waals surface area contributed by atoms with Gasteiger partial charge in [0.1, 0.15) is 11.6 Å². The molecule has 0 radical (unpaired) electrons. The molecular weight excluding hydrogens is 1480 g/mol. The molecule has 0 bridgehead atoms. The van der Waals surface area contributed by atoms with Crippen molar-refractivity contribution in [3.63, 3.8) is 0 Å². The first kappa shape index (κ1) is 83.2. The number of benzene rings is 8. The SMILES string of the molecule is C1COCCN1.CC(=O)Cc1ccc(-c2cc(C(=O)N3CCOCC3)c3cccc(Cl)c3n2)cc1.CC(=O)Cc1ccc(-c2cc(C(=O)O)c3cccc(Cl)c3n2)cc1.CC(=O)OC(C)=O.CC(=O)c1ccc(N)cc1.Nc1ccc(-c2cc(C(=O)O)c3cccc(Cl)c3n2)cc1.O=C1Cc2c(Cl)cccc2C1=O. The lowest BCUT2D eigenvalue weighted by molar-refractivity contribution is -0.156. The van der Waals surface area contributed by atoms with Gasteiger partial charge >= 0.3 is 23.9 Å². The van der Waals surface area contributed by atoms with Crippen molar-refractivity contribution in [3.05, 3.63) is 253 Å². The van der Waals surface area contributed by atoms with Gasteiger partial charge < -0.3 is 46.1 Å². The van der Waals surface area contributed by atoms with Crippen LogP contribution in [0.1, 0.15) is 103 Å². The van der Waals surface area contributed by atoms with Crippen LogP contribution in [-0.2, 0) is 57.4 Å². The summed E-state index contributed by atoms with van der Waals surface area (Å²) < 4.78 is 14.4. The van der Waals surface area contributed by atoms with Crippen LogP contribution >= 0.6 is 46.4 Å². The maximum Gasteiger partial charge on any atom is 0.336 e. The fraction of sp³-hybridized carbons (Fsp3) is 0.193. The summed E-state index contributed by atoms with van der Waals surface area (Å²) in [6.45, 7) is 13.1. The van der Waals surface area contributed by atoms with Gasteiger partial charge in [-0.05, 0) is 116 Å². The third kappa shape index (κ3) is 23.8. The van der Waals surface area contributed by atoms with Crippen LogP contribution in [0.4, 0.5) is 11.4 Å². The van der Waals surface area contributed by atoms with Gasteiger partial charge in [-0.3, -0.25) is 38.4 Å². The van der Waals surface area contributed by atoms with E-state index < -0.39 is 29.7 Å². The summed E-state index contributed by atoms with van der Waals surface area (Å²) in [5.41, 5.74) is 22.7. The van der Waals surface area contributed by atoms with Crippen molar-refractivity contribution >= 4 is 149 Å². The second-order valence-electron chi connectivity index (χ2n) is 24.7. The second-order valence-corrected chi connectivity index (χ2v) is 26.3. The van der Waals surface area contributed by atoms with E-state index in [4.69, 9.17) is 72.3 Å². The van der Waals surface area contributed by atoms with Crippen LogP contribution in [0, 0.1) is 0 Å². The zero-order valence-corrected chi connectivity index (χ0v) is 62.9. The molecule has 2 saturated heterocycles. The molecule has 8 aromatic carbocycles. The Morgan fingerprint density at radius 1 is 0.477 bits per heavy atom. The quantitative estimate of drug-likeness (QED) is 0.0264. The van der Waals surface area contributed by atoms with Gasteiger partial charge in [0, 0.05) is 120 Å². The first-order chi connectivity index (χ1) is 52.1. The number of nitrogens with one attached hydrogen (secondary N) is 1. The minimum absolute atomic E-state index is 0.0441. The van der Waals surface area contributed by atoms with Crippen LogP contribution in [0.5, 0.6) is 0 Å². The van der Waals surface area contributed by atoms with Crippen molar-refractivity contribution in [2.45, 2.75) is 53.9 Å². The summed E-state index contributed by atoms with van der Waals surface area (Å²) >= 11 is 24.5. The molecule has 0 saturated carbocycles. The highest BCUT2D eigenvalue weighted by Gasteiger charge is 2.30. The van der Waals surface area contributed by atoms with Crippen LogP contribution in [0.3, 0.4) is 0 Å². The van der Waals surface area contributed by atoms with Crippen LogP contribution < -0.4 is 16.8 Å². The van der Waals surface area contributed by atoms with E-state index >= 15 is 0 Å². The van der Waals surface area contributed by atoms with Gasteiger partial charge in [0.05, 0.1) is 91.8 Å². The number of aromatic carboxylic acids is 2. The first-order valence-corrected chi connectivity index (χ1v) is 35.4. The lowest BCUT2D eigenvalue weighted by Gasteiger charge is -2.27. The number of carboxylic acids is 2. The lowest BCUT2D eigenvalue weighted by atomic mass is 10.0. The number of pyridine rings is 3. The third-order valence-corrected chi connectivity index (χ3v) is 17.6. The van der Waals surface area contributed by atoms with Crippen molar-refractivity contribution < 1.29 is 72.4 Å². The van der Waals surface area contributed by atoms with E-state index in [9.17, 15) is 58.2 Å². The zero-order valence-electron chi connectivity index (χ0n) is 59.8. The molecule has 3 aliphatic rings. The Hall–Kier alpha value is -11.5. The topological polar surface area (TPSA) is 345 Å². The Balaban J connectivity index is 0.000000170. The summed E-state index contributed by atoms with van der Waals surface area (Å²) in [5.74, 6) is -3.71. The van der Waals surface area contributed by atoms with Gasteiger partial charge in [-0.25, -0.2) is 24.5 Å². The number of nitrogen functional groups attached to an aromatic ring is 2.